The van der Waals surface area contributed by atoms with E-state index in [0.717, 1.165) is 56.5 Å². The average molecular weight is 620 g/mol. The Morgan fingerprint density at radius 3 is 2.53 bits per heavy atom. The second-order valence-corrected chi connectivity index (χ2v) is 12.4. The van der Waals surface area contributed by atoms with Crippen molar-refractivity contribution in [1.82, 2.24) is 15.5 Å². The molecule has 13 heteroatoms. The van der Waals surface area contributed by atoms with Gasteiger partial charge in [0.25, 0.3) is 5.91 Å². The number of amides is 1. The molecule has 2 heterocycles. The molecule has 43 heavy (non-hydrogen) atoms. The number of carbonyl (C=O) groups excluding carboxylic acids is 2. The van der Waals surface area contributed by atoms with Crippen molar-refractivity contribution in [1.29, 1.82) is 0 Å². The van der Waals surface area contributed by atoms with Crippen LogP contribution in [0.3, 0.4) is 0 Å². The number of nitrogens with two attached hydrogens (primary N) is 2. The number of anilines is 2. The monoisotopic (exact) mass is 619 g/mol. The molecule has 2 aliphatic rings. The van der Waals surface area contributed by atoms with Crippen LogP contribution in [0.1, 0.15) is 59.7 Å². The number of Topliss-reactive ketones (excluding diaryl/α,β-unsaturated/α-hetero) is 1. The topological polar surface area (TPSA) is 129 Å². The highest BCUT2D eigenvalue weighted by atomic mass is 32.2. The van der Waals surface area contributed by atoms with Gasteiger partial charge in [0.2, 0.25) is 0 Å². The third-order valence-corrected chi connectivity index (χ3v) is 8.79. The molecular formula is C30H40F3N7O2S. The second kappa shape index (κ2) is 14.6. The van der Waals surface area contributed by atoms with Crippen LogP contribution in [0.4, 0.5) is 24.5 Å². The number of halogens is 3. The first-order chi connectivity index (χ1) is 20.4. The summed E-state index contributed by atoms with van der Waals surface area (Å²) >= 11 is 1.53. The number of alkyl halides is 3. The fourth-order valence-corrected chi connectivity index (χ4v) is 6.26. The minimum atomic E-state index is -4.55. The van der Waals surface area contributed by atoms with Crippen LogP contribution in [0.25, 0.3) is 0 Å². The quantitative estimate of drug-likeness (QED) is 0.195. The van der Waals surface area contributed by atoms with Crippen molar-refractivity contribution < 1.29 is 22.8 Å². The van der Waals surface area contributed by atoms with Crippen LogP contribution in [0.5, 0.6) is 0 Å². The van der Waals surface area contributed by atoms with E-state index in [4.69, 9.17) is 11.6 Å². The summed E-state index contributed by atoms with van der Waals surface area (Å²) in [5, 5.41) is 10.3. The fraction of sp³-hybridized carbons (Fsp3) is 0.467. The molecule has 1 amide bonds. The standard InChI is InChI=1S/C30H40F3N7O2S/c1-19-7-8-22(13-26(19)40(35)18-25(34)27-16-37-29(43-27)36-15-20(2)41)28(42)38-24-12-21(11-23(14-24)30(31,32)33)17-39-9-5-3-4-6-10-39/h7-8,11-14,18,27,29,36-37H,3-6,9-10,15-17,34-35H2,1-2H3,(H,38,42)/b25-18-. The Labute approximate surface area is 254 Å². The van der Waals surface area contributed by atoms with Crippen LogP contribution in [-0.2, 0) is 17.5 Å². The number of carbonyl (C=O) groups is 2. The molecule has 0 spiro atoms. The molecule has 2 fully saturated rings. The lowest BCUT2D eigenvalue weighted by molar-refractivity contribution is -0.137. The van der Waals surface area contributed by atoms with E-state index in [0.29, 0.717) is 30.0 Å². The summed E-state index contributed by atoms with van der Waals surface area (Å²) in [7, 11) is 0. The van der Waals surface area contributed by atoms with E-state index < -0.39 is 17.6 Å². The molecule has 9 nitrogen and oxygen atoms in total. The molecule has 2 saturated heterocycles. The van der Waals surface area contributed by atoms with E-state index in [1.807, 2.05) is 6.92 Å². The Morgan fingerprint density at radius 1 is 1.14 bits per heavy atom. The lowest BCUT2D eigenvalue weighted by Gasteiger charge is -2.21. The Kier molecular flexibility index (Phi) is 11.1. The van der Waals surface area contributed by atoms with Crippen LogP contribution < -0.4 is 32.5 Å². The molecule has 4 rings (SSSR count). The molecule has 234 valence electrons. The van der Waals surface area contributed by atoms with Crippen LogP contribution in [0, 0.1) is 6.92 Å². The SMILES string of the molecule is CC(=O)CNC1NCC(/C(N)=C/N(N)c2cc(C(=O)Nc3cc(CN4CCCCCC4)cc(C(F)(F)F)c3)ccc2C)S1. The molecule has 0 saturated carbocycles. The lowest BCUT2D eigenvalue weighted by atomic mass is 10.1. The number of benzene rings is 2. The predicted molar refractivity (Wildman–Crippen MR) is 165 cm³/mol. The van der Waals surface area contributed by atoms with Crippen molar-refractivity contribution >= 4 is 34.8 Å². The highest BCUT2D eigenvalue weighted by molar-refractivity contribution is 8.00. The van der Waals surface area contributed by atoms with Gasteiger partial charge in [-0.15, -0.1) is 11.8 Å². The Bertz CT molecular complexity index is 1330. The Hall–Kier alpha value is -3.10. The highest BCUT2D eigenvalue weighted by Crippen LogP contribution is 2.33. The minimum absolute atomic E-state index is 0.0308. The van der Waals surface area contributed by atoms with Crippen molar-refractivity contribution in [3.8, 4) is 0 Å². The van der Waals surface area contributed by atoms with Gasteiger partial charge in [0.15, 0.2) is 0 Å². The van der Waals surface area contributed by atoms with Gasteiger partial charge in [-0.05, 0) is 81.2 Å². The maximum Gasteiger partial charge on any atom is 0.416 e. The van der Waals surface area contributed by atoms with Gasteiger partial charge in [-0.25, -0.2) is 5.84 Å². The molecule has 2 aromatic carbocycles. The second-order valence-electron chi connectivity index (χ2n) is 11.1. The maximum absolute atomic E-state index is 13.8. The third kappa shape index (κ3) is 9.44. The zero-order chi connectivity index (χ0) is 31.1. The molecule has 2 atom stereocenters. The Balaban J connectivity index is 1.48. The fourth-order valence-electron chi connectivity index (χ4n) is 5.14. The van der Waals surface area contributed by atoms with Gasteiger partial charge in [0, 0.05) is 36.2 Å². The average Bonchev–Trinajstić information content (AvgIpc) is 3.28. The molecular weight excluding hydrogens is 579 g/mol. The van der Waals surface area contributed by atoms with Crippen molar-refractivity contribution in [2.24, 2.45) is 11.6 Å². The van der Waals surface area contributed by atoms with E-state index in [9.17, 15) is 22.8 Å². The molecule has 0 aliphatic carbocycles. The van der Waals surface area contributed by atoms with Crippen LogP contribution in [0.2, 0.25) is 0 Å². The van der Waals surface area contributed by atoms with Gasteiger partial charge < -0.3 is 11.1 Å². The summed E-state index contributed by atoms with van der Waals surface area (Å²) in [5.74, 6) is 5.81. The van der Waals surface area contributed by atoms with Gasteiger partial charge >= 0.3 is 6.18 Å². The molecule has 2 aliphatic heterocycles. The predicted octanol–water partition coefficient (Wildman–Crippen LogP) is 4.29. The summed E-state index contributed by atoms with van der Waals surface area (Å²) < 4.78 is 41.3. The van der Waals surface area contributed by atoms with Gasteiger partial charge in [0.1, 0.15) is 11.3 Å². The molecule has 2 aromatic rings. The smallest absolute Gasteiger partial charge is 0.400 e. The number of hydrogen-bond donors (Lipinski definition) is 5. The summed E-state index contributed by atoms with van der Waals surface area (Å²) in [6.07, 6.45) is 1.32. The Morgan fingerprint density at radius 2 is 1.86 bits per heavy atom. The number of likely N-dealkylation sites (tertiary alicyclic amines) is 1. The zero-order valence-electron chi connectivity index (χ0n) is 24.5. The first kappa shape index (κ1) is 32.8. The van der Waals surface area contributed by atoms with Crippen molar-refractivity contribution in [3.05, 3.63) is 70.5 Å². The molecule has 0 bridgehead atoms. The number of aryl methyl sites for hydroxylation is 1. The van der Waals surface area contributed by atoms with Crippen LogP contribution in [-0.4, -0.2) is 53.5 Å². The number of hydrazine groups is 1. The maximum atomic E-state index is 13.8. The van der Waals surface area contributed by atoms with Crippen LogP contribution in [0.15, 0.2) is 48.3 Å². The van der Waals surface area contributed by atoms with E-state index in [1.165, 1.54) is 23.7 Å². The van der Waals surface area contributed by atoms with E-state index >= 15 is 0 Å². The van der Waals surface area contributed by atoms with Crippen LogP contribution >= 0.6 is 11.8 Å². The number of thioether (sulfide) groups is 1. The summed E-state index contributed by atoms with van der Waals surface area (Å²) in [6.45, 7) is 6.23. The van der Waals surface area contributed by atoms with Crippen molar-refractivity contribution in [3.63, 3.8) is 0 Å². The number of nitrogens with zero attached hydrogens (tertiary/aromatic N) is 2. The van der Waals surface area contributed by atoms with E-state index in [2.05, 4.69) is 20.9 Å². The van der Waals surface area contributed by atoms with Gasteiger partial charge in [-0.3, -0.25) is 30.1 Å². The molecule has 0 aromatic heterocycles. The van der Waals surface area contributed by atoms with E-state index in [-0.39, 0.29) is 34.3 Å². The summed E-state index contributed by atoms with van der Waals surface area (Å²) in [4.78, 5) is 26.7. The minimum Gasteiger partial charge on any atom is -0.400 e. The molecule has 7 N–H and O–H groups in total. The first-order valence-corrected chi connectivity index (χ1v) is 15.3. The number of rotatable bonds is 10. The molecule has 0 radical (unpaired) electrons. The largest absolute Gasteiger partial charge is 0.416 e. The lowest BCUT2D eigenvalue weighted by Crippen LogP contribution is -2.37. The highest BCUT2D eigenvalue weighted by Gasteiger charge is 2.32. The van der Waals surface area contributed by atoms with Crippen molar-refractivity contribution in [2.75, 3.05) is 36.5 Å². The zero-order valence-corrected chi connectivity index (χ0v) is 25.3. The number of ketones is 1. The summed E-state index contributed by atoms with van der Waals surface area (Å²) in [5.41, 5.74) is 8.03. The molecule has 2 unspecified atom stereocenters. The van der Waals surface area contributed by atoms with Crippen molar-refractivity contribution in [2.45, 2.75) is 63.0 Å². The number of hydrogen-bond acceptors (Lipinski definition) is 9. The first-order valence-electron chi connectivity index (χ1n) is 14.4. The summed E-state index contributed by atoms with van der Waals surface area (Å²) in [6, 6.07) is 8.63. The third-order valence-electron chi connectivity index (χ3n) is 7.42. The van der Waals surface area contributed by atoms with E-state index in [1.54, 1.807) is 30.5 Å². The number of nitrogens with one attached hydrogen (secondary N) is 3. The van der Waals surface area contributed by atoms with Gasteiger partial charge in [-0.2, -0.15) is 13.2 Å². The van der Waals surface area contributed by atoms with Gasteiger partial charge in [0.05, 0.1) is 23.0 Å². The normalized spacial score (nSPS) is 20.1. The van der Waals surface area contributed by atoms with Gasteiger partial charge in [-0.1, -0.05) is 18.9 Å².